The van der Waals surface area contributed by atoms with Crippen molar-refractivity contribution in [1.29, 1.82) is 0 Å². The van der Waals surface area contributed by atoms with Gasteiger partial charge in [0.05, 0.1) is 18.5 Å². The molecule has 9 N–H and O–H groups in total. The number of ketones is 1. The average molecular weight is 1120 g/mol. The van der Waals surface area contributed by atoms with Crippen LogP contribution < -0.4 is 37.6 Å². The number of piperidine rings is 1. The molecule has 2 saturated heterocycles. The first-order valence-electron chi connectivity index (χ1n) is 27.3. The normalized spacial score (nSPS) is 18.4. The number of Topliss-reactive ketones (excluding diaryl/α,β-unsaturated/α-hetero) is 1. The Bertz CT molecular complexity index is 2870. The van der Waals surface area contributed by atoms with E-state index in [1.54, 1.807) is 56.3 Å². The number of imide groups is 1. The quantitative estimate of drug-likeness (QED) is 0.0262. The third-order valence-corrected chi connectivity index (χ3v) is 14.5. The van der Waals surface area contributed by atoms with Gasteiger partial charge in [0.2, 0.25) is 29.5 Å². The van der Waals surface area contributed by atoms with Crippen LogP contribution in [0.15, 0.2) is 89.1 Å². The van der Waals surface area contributed by atoms with Crippen LogP contribution in [-0.4, -0.2) is 162 Å². The van der Waals surface area contributed by atoms with Crippen LogP contribution in [0.3, 0.4) is 0 Å². The van der Waals surface area contributed by atoms with Crippen molar-refractivity contribution in [3.05, 3.63) is 106 Å². The number of aliphatic imine (C=N–C) groups is 1. The lowest BCUT2D eigenvalue weighted by molar-refractivity contribution is -0.145. The van der Waals surface area contributed by atoms with Crippen molar-refractivity contribution in [2.75, 3.05) is 69.6 Å². The van der Waals surface area contributed by atoms with E-state index in [0.717, 1.165) is 31.7 Å². The molecule has 9 amide bonds. The van der Waals surface area contributed by atoms with Crippen LogP contribution in [0.5, 0.6) is 0 Å². The molecule has 2 fully saturated rings. The molecule has 24 heteroatoms. The zero-order valence-electron chi connectivity index (χ0n) is 45.5. The molecule has 0 saturated carbocycles. The molecule has 432 valence electrons. The summed E-state index contributed by atoms with van der Waals surface area (Å²) in [5.41, 5.74) is 8.58. The molecule has 2 unspecified atom stereocenters. The molecule has 1 aliphatic carbocycles. The van der Waals surface area contributed by atoms with Crippen molar-refractivity contribution in [3.8, 4) is 0 Å². The van der Waals surface area contributed by atoms with Gasteiger partial charge in [-0.15, -0.1) is 0 Å². The van der Waals surface area contributed by atoms with E-state index in [1.807, 2.05) is 30.3 Å². The molecule has 3 heterocycles. The summed E-state index contributed by atoms with van der Waals surface area (Å²) in [6, 6.07) is 17.1. The Labute approximate surface area is 469 Å². The summed E-state index contributed by atoms with van der Waals surface area (Å²) in [6.07, 6.45) is 1.58. The van der Waals surface area contributed by atoms with Crippen molar-refractivity contribution in [3.63, 3.8) is 0 Å². The topological polar surface area (TPSA) is 330 Å². The Morgan fingerprint density at radius 2 is 1.57 bits per heavy atom. The molecule has 4 aliphatic rings. The van der Waals surface area contributed by atoms with Gasteiger partial charge < -0.3 is 46.5 Å². The van der Waals surface area contributed by atoms with E-state index < -0.39 is 77.6 Å². The van der Waals surface area contributed by atoms with Crippen LogP contribution in [0.25, 0.3) is 0 Å². The number of allylic oxidation sites excluding steroid dienone is 2. The number of aliphatic hydroxyl groups is 1. The zero-order chi connectivity index (χ0) is 58.0. The third-order valence-electron chi connectivity index (χ3n) is 14.5. The van der Waals surface area contributed by atoms with Crippen LogP contribution >= 0.6 is 0 Å². The number of ether oxygens (including phenoxy) is 2. The standard InChI is InChI=1S/C57H71N11O13/c1-35(2)51(64-48(71)19-20-50(73)80-29-28-67-26-24-66(25-27-67)23-22-59-32-41-46(69)30-38(31-47(41)70)37-8-4-3-5-9-37)54(76)62-44(12-7-21-60-56(58)78)52(74)61-39-15-13-36(14-16-39)34-81-57(79)63-43-11-6-10-40-42(43)33-68(55(40)77)45-17-18-49(72)65-53(45)75/h3-6,8-11,13-16,32,35,38,44-45,51,69H,7,12,17-31,33-34H2,1-2H3,(H,61,74)(H,62,76)(H,63,79)(H,64,71)(H3,58,60,78)(H,65,72,75)/t38?,44-,45?,51-/m0/s1. The molecule has 0 bridgehead atoms. The molecular formula is C57H71N11O13. The maximum atomic E-state index is 13.7. The highest BCUT2D eigenvalue weighted by molar-refractivity contribution is 6.14. The predicted octanol–water partition coefficient (Wildman–Crippen LogP) is 3.18. The van der Waals surface area contributed by atoms with Gasteiger partial charge in [0.25, 0.3) is 5.91 Å². The number of aliphatic hydroxyl groups excluding tert-OH is 1. The SMILES string of the molecule is CC(C)[C@H](NC(=O)CCC(=O)OCCN1CCN(CCN=CC2=C(O)CC(c3ccccc3)CC2=O)CC1)C(=O)N[C@@H](CCCNC(N)=O)C(=O)Nc1ccc(COC(=O)Nc2cccc3c2CN(C2CCC(=O)NC2=O)C3=O)cc1. The fourth-order valence-corrected chi connectivity index (χ4v) is 9.93. The second-order valence-electron chi connectivity index (χ2n) is 20.6. The van der Waals surface area contributed by atoms with E-state index in [4.69, 9.17) is 15.2 Å². The van der Waals surface area contributed by atoms with Crippen molar-refractivity contribution >= 4 is 76.9 Å². The number of carbonyl (C=O) groups excluding carboxylic acids is 10. The number of fused-ring (bicyclic) bond motifs is 1. The fraction of sp³-hybridized carbons (Fsp3) is 0.456. The van der Waals surface area contributed by atoms with Gasteiger partial charge in [0.15, 0.2) is 5.78 Å². The van der Waals surface area contributed by atoms with Crippen molar-refractivity contribution in [2.45, 2.75) is 102 Å². The minimum atomic E-state index is -1.12. The molecule has 3 aromatic carbocycles. The maximum Gasteiger partial charge on any atom is 0.411 e. The highest BCUT2D eigenvalue weighted by Gasteiger charge is 2.40. The summed E-state index contributed by atoms with van der Waals surface area (Å²) in [5, 5.41) is 26.2. The number of nitrogens with zero attached hydrogens (tertiary/aromatic N) is 4. The molecular weight excluding hydrogens is 1050 g/mol. The summed E-state index contributed by atoms with van der Waals surface area (Å²) < 4.78 is 10.9. The molecule has 0 radical (unpaired) electrons. The smallest absolute Gasteiger partial charge is 0.411 e. The number of piperazine rings is 1. The number of carbonyl (C=O) groups is 10. The average Bonchev–Trinajstić information content (AvgIpc) is 3.78. The van der Waals surface area contributed by atoms with E-state index in [2.05, 4.69) is 46.7 Å². The van der Waals surface area contributed by atoms with E-state index in [9.17, 15) is 53.1 Å². The molecule has 7 rings (SSSR count). The molecule has 0 spiro atoms. The number of nitrogens with one attached hydrogen (secondary N) is 6. The summed E-state index contributed by atoms with van der Waals surface area (Å²) in [7, 11) is 0. The Balaban J connectivity index is 0.801. The molecule has 24 nitrogen and oxygen atoms in total. The largest absolute Gasteiger partial charge is 0.511 e. The second-order valence-corrected chi connectivity index (χ2v) is 20.6. The summed E-state index contributed by atoms with van der Waals surface area (Å²) in [5.74, 6) is -4.23. The third kappa shape index (κ3) is 17.5. The first-order valence-corrected chi connectivity index (χ1v) is 27.3. The predicted molar refractivity (Wildman–Crippen MR) is 296 cm³/mol. The number of urea groups is 1. The Hall–Kier alpha value is -8.51. The molecule has 3 aromatic rings. The number of anilines is 2. The minimum absolute atomic E-state index is 0.0474. The van der Waals surface area contributed by atoms with E-state index in [-0.39, 0.29) is 87.9 Å². The maximum absolute atomic E-state index is 13.7. The lowest BCUT2D eigenvalue weighted by Gasteiger charge is -2.34. The molecule has 3 aliphatic heterocycles. The van der Waals surface area contributed by atoms with E-state index >= 15 is 0 Å². The summed E-state index contributed by atoms with van der Waals surface area (Å²) in [6.45, 7) is 8.29. The first kappa shape index (κ1) is 60.1. The van der Waals surface area contributed by atoms with Gasteiger partial charge in [0, 0.05) is 107 Å². The summed E-state index contributed by atoms with van der Waals surface area (Å²) >= 11 is 0. The lowest BCUT2D eigenvalue weighted by atomic mass is 9.83. The van der Waals surface area contributed by atoms with Gasteiger partial charge in [0.1, 0.15) is 37.1 Å². The van der Waals surface area contributed by atoms with E-state index in [0.29, 0.717) is 60.5 Å². The lowest BCUT2D eigenvalue weighted by Crippen LogP contribution is -2.54. The van der Waals surface area contributed by atoms with Crippen LogP contribution in [-0.2, 0) is 56.2 Å². The number of nitrogens with two attached hydrogens (primary N) is 1. The number of hydrogen-bond donors (Lipinski definition) is 8. The Kier molecular flexibility index (Phi) is 21.6. The Morgan fingerprint density at radius 1 is 0.840 bits per heavy atom. The fourth-order valence-electron chi connectivity index (χ4n) is 9.93. The van der Waals surface area contributed by atoms with Crippen LogP contribution in [0.1, 0.15) is 98.2 Å². The van der Waals surface area contributed by atoms with Crippen molar-refractivity contribution in [2.24, 2.45) is 16.6 Å². The highest BCUT2D eigenvalue weighted by Crippen LogP contribution is 2.34. The first-order chi connectivity index (χ1) is 38.9. The zero-order valence-corrected chi connectivity index (χ0v) is 45.5. The van der Waals surface area contributed by atoms with Crippen molar-refractivity contribution < 1.29 is 62.5 Å². The van der Waals surface area contributed by atoms with Gasteiger partial charge in [-0.25, -0.2) is 9.59 Å². The number of rotatable bonds is 25. The highest BCUT2D eigenvalue weighted by atomic mass is 16.5. The minimum Gasteiger partial charge on any atom is -0.511 e. The number of esters is 1. The van der Waals surface area contributed by atoms with Gasteiger partial charge in [-0.3, -0.25) is 63.8 Å². The number of primary amides is 1. The monoisotopic (exact) mass is 1120 g/mol. The van der Waals surface area contributed by atoms with Gasteiger partial charge in [-0.2, -0.15) is 0 Å². The van der Waals surface area contributed by atoms with Crippen LogP contribution in [0.2, 0.25) is 0 Å². The number of amides is 9. The number of benzene rings is 3. The van der Waals surface area contributed by atoms with Crippen molar-refractivity contribution in [1.82, 2.24) is 36.0 Å². The van der Waals surface area contributed by atoms with Gasteiger partial charge >= 0.3 is 18.1 Å². The summed E-state index contributed by atoms with van der Waals surface area (Å²) in [4.78, 5) is 138. The molecule has 81 heavy (non-hydrogen) atoms. The van der Waals surface area contributed by atoms with Crippen LogP contribution in [0.4, 0.5) is 21.0 Å². The number of hydrogen-bond acceptors (Lipinski definition) is 16. The van der Waals surface area contributed by atoms with Gasteiger partial charge in [-0.05, 0) is 66.5 Å². The molecule has 4 atom stereocenters. The second kappa shape index (κ2) is 29.1. The van der Waals surface area contributed by atoms with E-state index in [1.165, 1.54) is 11.1 Å². The Morgan fingerprint density at radius 3 is 2.26 bits per heavy atom. The van der Waals surface area contributed by atoms with Gasteiger partial charge in [-0.1, -0.05) is 62.4 Å². The molecule has 0 aromatic heterocycles. The van der Waals surface area contributed by atoms with Crippen LogP contribution in [0, 0.1) is 5.92 Å².